The molecule has 1 aliphatic heterocycles. The van der Waals surface area contributed by atoms with Crippen LogP contribution in [-0.4, -0.2) is 28.9 Å². The van der Waals surface area contributed by atoms with Gasteiger partial charge in [0, 0.05) is 31.0 Å². The van der Waals surface area contributed by atoms with Gasteiger partial charge in [0.1, 0.15) is 0 Å². The molecule has 2 aromatic rings. The van der Waals surface area contributed by atoms with Gasteiger partial charge in [-0.1, -0.05) is 18.5 Å². The van der Waals surface area contributed by atoms with E-state index in [1.165, 1.54) is 18.4 Å². The number of nitrogens with one attached hydrogen (secondary N) is 1. The van der Waals surface area contributed by atoms with E-state index in [1.54, 1.807) is 0 Å². The van der Waals surface area contributed by atoms with Crippen molar-refractivity contribution in [2.45, 2.75) is 51.1 Å². The Kier molecular flexibility index (Phi) is 4.61. The molecule has 2 aliphatic rings. The normalized spacial score (nSPS) is 18.6. The van der Waals surface area contributed by atoms with Crippen LogP contribution in [0.5, 0.6) is 0 Å². The lowest BCUT2D eigenvalue weighted by atomic mass is 10.0. The van der Waals surface area contributed by atoms with Crippen LogP contribution in [0.4, 0.5) is 17.1 Å². The molecule has 25 heavy (non-hydrogen) atoms. The van der Waals surface area contributed by atoms with Crippen molar-refractivity contribution >= 4 is 28.7 Å². The molecule has 4 rings (SSSR count). The van der Waals surface area contributed by atoms with Crippen molar-refractivity contribution in [2.24, 2.45) is 5.73 Å². The van der Waals surface area contributed by atoms with E-state index >= 15 is 0 Å². The van der Waals surface area contributed by atoms with E-state index in [0.717, 1.165) is 54.4 Å². The lowest BCUT2D eigenvalue weighted by Gasteiger charge is -2.33. The second kappa shape index (κ2) is 6.89. The van der Waals surface area contributed by atoms with E-state index in [-0.39, 0.29) is 0 Å². The Morgan fingerprint density at radius 3 is 2.68 bits per heavy atom. The van der Waals surface area contributed by atoms with Crippen LogP contribution in [0.25, 0.3) is 0 Å². The third-order valence-electron chi connectivity index (χ3n) is 5.24. The van der Waals surface area contributed by atoms with Crippen LogP contribution in [0.15, 0.2) is 24.5 Å². The van der Waals surface area contributed by atoms with Crippen molar-refractivity contribution in [1.29, 1.82) is 0 Å². The van der Waals surface area contributed by atoms with Crippen molar-refractivity contribution in [3.63, 3.8) is 0 Å². The van der Waals surface area contributed by atoms with Gasteiger partial charge >= 0.3 is 0 Å². The van der Waals surface area contributed by atoms with Gasteiger partial charge in [-0.15, -0.1) is 0 Å². The maximum absolute atomic E-state index is 6.59. The zero-order chi connectivity index (χ0) is 17.4. The summed E-state index contributed by atoms with van der Waals surface area (Å²) in [6.45, 7) is 4.08. The number of nitrogens with zero attached hydrogens (tertiary/aromatic N) is 3. The average Bonchev–Trinajstić information content (AvgIpc) is 3.36. The smallest absolute Gasteiger partial charge is 0.0770 e. The zero-order valence-corrected chi connectivity index (χ0v) is 15.5. The number of piperidine rings is 1. The summed E-state index contributed by atoms with van der Waals surface area (Å²) in [5.74, 6) is 0. The summed E-state index contributed by atoms with van der Waals surface area (Å²) >= 11 is 6.59. The Bertz CT molecular complexity index is 744. The SMILES string of the molecule is CCc1cc(Cl)c(N2CCC(N)CC2)cc1Nc1cnn(C2CC2)c1. The fraction of sp³-hybridized carbons (Fsp3) is 0.526. The first kappa shape index (κ1) is 16.7. The molecule has 6 heteroatoms. The van der Waals surface area contributed by atoms with Crippen LogP contribution < -0.4 is 16.0 Å². The maximum atomic E-state index is 6.59. The van der Waals surface area contributed by atoms with Gasteiger partial charge < -0.3 is 16.0 Å². The Morgan fingerprint density at radius 1 is 1.24 bits per heavy atom. The highest BCUT2D eigenvalue weighted by atomic mass is 35.5. The Hall–Kier alpha value is -1.72. The molecule has 1 aromatic carbocycles. The predicted octanol–water partition coefficient (Wildman–Crippen LogP) is 4.10. The number of aromatic nitrogens is 2. The summed E-state index contributed by atoms with van der Waals surface area (Å²) < 4.78 is 2.07. The summed E-state index contributed by atoms with van der Waals surface area (Å²) in [6.07, 6.45) is 9.46. The Labute approximate surface area is 154 Å². The van der Waals surface area contributed by atoms with Crippen molar-refractivity contribution in [1.82, 2.24) is 9.78 Å². The van der Waals surface area contributed by atoms with Gasteiger partial charge in [0.15, 0.2) is 0 Å². The molecule has 0 bridgehead atoms. The highest BCUT2D eigenvalue weighted by Crippen LogP contribution is 2.37. The molecule has 2 fully saturated rings. The fourth-order valence-electron chi connectivity index (χ4n) is 3.49. The molecule has 0 atom stereocenters. The van der Waals surface area contributed by atoms with E-state index in [2.05, 4.69) is 45.3 Å². The zero-order valence-electron chi connectivity index (χ0n) is 14.7. The van der Waals surface area contributed by atoms with Crippen LogP contribution in [0, 0.1) is 0 Å². The fourth-order valence-corrected chi connectivity index (χ4v) is 3.80. The molecule has 1 aliphatic carbocycles. The quantitative estimate of drug-likeness (QED) is 0.843. The number of aryl methyl sites for hydroxylation is 1. The van der Waals surface area contributed by atoms with Crippen LogP contribution in [0.1, 0.15) is 44.2 Å². The summed E-state index contributed by atoms with van der Waals surface area (Å²) in [5.41, 5.74) is 10.5. The van der Waals surface area contributed by atoms with Gasteiger partial charge in [0.05, 0.1) is 28.6 Å². The number of halogens is 1. The van der Waals surface area contributed by atoms with Crippen molar-refractivity contribution < 1.29 is 0 Å². The van der Waals surface area contributed by atoms with Crippen LogP contribution in [-0.2, 0) is 6.42 Å². The maximum Gasteiger partial charge on any atom is 0.0770 e. The van der Waals surface area contributed by atoms with E-state index < -0.39 is 0 Å². The highest BCUT2D eigenvalue weighted by Gasteiger charge is 2.24. The third kappa shape index (κ3) is 3.62. The van der Waals surface area contributed by atoms with Gasteiger partial charge in [-0.25, -0.2) is 0 Å². The largest absolute Gasteiger partial charge is 0.370 e. The number of hydrogen-bond acceptors (Lipinski definition) is 4. The third-order valence-corrected chi connectivity index (χ3v) is 5.54. The van der Waals surface area contributed by atoms with Gasteiger partial charge in [0.2, 0.25) is 0 Å². The first-order valence-electron chi connectivity index (χ1n) is 9.28. The average molecular weight is 360 g/mol. The predicted molar refractivity (Wildman–Crippen MR) is 104 cm³/mol. The van der Waals surface area contributed by atoms with Crippen molar-refractivity contribution in [3.05, 3.63) is 35.1 Å². The molecule has 134 valence electrons. The highest BCUT2D eigenvalue weighted by molar-refractivity contribution is 6.33. The minimum atomic E-state index is 0.316. The molecular formula is C19H26ClN5. The molecule has 0 radical (unpaired) electrons. The Balaban J connectivity index is 1.59. The summed E-state index contributed by atoms with van der Waals surface area (Å²) in [7, 11) is 0. The molecule has 2 heterocycles. The standard InChI is InChI=1S/C19H26ClN5/c1-2-13-9-17(20)19(24-7-5-14(21)6-8-24)10-18(13)23-15-11-22-25(12-15)16-3-4-16/h9-12,14,16,23H,2-8,21H2,1H3. The monoisotopic (exact) mass is 359 g/mol. The minimum absolute atomic E-state index is 0.316. The minimum Gasteiger partial charge on any atom is -0.370 e. The summed E-state index contributed by atoms with van der Waals surface area (Å²) in [6, 6.07) is 5.20. The first-order valence-corrected chi connectivity index (χ1v) is 9.66. The number of benzene rings is 1. The molecule has 1 saturated carbocycles. The summed E-state index contributed by atoms with van der Waals surface area (Å²) in [4.78, 5) is 2.35. The topological polar surface area (TPSA) is 59.1 Å². The molecule has 3 N–H and O–H groups in total. The molecule has 1 saturated heterocycles. The van der Waals surface area contributed by atoms with Gasteiger partial charge in [-0.3, -0.25) is 4.68 Å². The van der Waals surface area contributed by atoms with Crippen LogP contribution in [0.2, 0.25) is 5.02 Å². The van der Waals surface area contributed by atoms with Crippen molar-refractivity contribution in [3.8, 4) is 0 Å². The van der Waals surface area contributed by atoms with Crippen LogP contribution in [0.3, 0.4) is 0 Å². The lowest BCUT2D eigenvalue weighted by Crippen LogP contribution is -2.39. The number of nitrogens with two attached hydrogens (primary N) is 1. The van der Waals surface area contributed by atoms with Gasteiger partial charge in [-0.2, -0.15) is 5.10 Å². The second-order valence-electron chi connectivity index (χ2n) is 7.20. The number of anilines is 3. The molecule has 0 spiro atoms. The van der Waals surface area contributed by atoms with E-state index in [4.69, 9.17) is 17.3 Å². The van der Waals surface area contributed by atoms with Gasteiger partial charge in [-0.05, 0) is 49.8 Å². The molecule has 0 amide bonds. The van der Waals surface area contributed by atoms with Crippen LogP contribution >= 0.6 is 11.6 Å². The molecule has 1 aromatic heterocycles. The lowest BCUT2D eigenvalue weighted by molar-refractivity contribution is 0.501. The molecule has 0 unspecified atom stereocenters. The van der Waals surface area contributed by atoms with E-state index in [0.29, 0.717) is 12.1 Å². The van der Waals surface area contributed by atoms with E-state index in [1.807, 2.05) is 6.20 Å². The van der Waals surface area contributed by atoms with E-state index in [9.17, 15) is 0 Å². The van der Waals surface area contributed by atoms with Crippen molar-refractivity contribution in [2.75, 3.05) is 23.3 Å². The second-order valence-corrected chi connectivity index (χ2v) is 7.61. The molecular weight excluding hydrogens is 334 g/mol. The number of hydrogen-bond donors (Lipinski definition) is 2. The van der Waals surface area contributed by atoms with Gasteiger partial charge in [0.25, 0.3) is 0 Å². The Morgan fingerprint density at radius 2 is 2.00 bits per heavy atom. The summed E-state index contributed by atoms with van der Waals surface area (Å²) in [5, 5.41) is 8.85. The molecule has 5 nitrogen and oxygen atoms in total. The number of rotatable bonds is 5. The first-order chi connectivity index (χ1) is 12.1.